The predicted molar refractivity (Wildman–Crippen MR) is 77.4 cm³/mol. The summed E-state index contributed by atoms with van der Waals surface area (Å²) in [6, 6.07) is 1.89. The molecule has 0 N–H and O–H groups in total. The highest BCUT2D eigenvalue weighted by Gasteiger charge is 2.52. The summed E-state index contributed by atoms with van der Waals surface area (Å²) in [6.45, 7) is 10.0. The van der Waals surface area contributed by atoms with Crippen molar-refractivity contribution in [3.63, 3.8) is 0 Å². The van der Waals surface area contributed by atoms with Gasteiger partial charge in [0.2, 0.25) is 0 Å². The molecule has 0 saturated carbocycles. The fourth-order valence-electron chi connectivity index (χ4n) is 1.78. The molecule has 0 spiro atoms. The molecule has 1 fully saturated rings. The lowest BCUT2D eigenvalue weighted by molar-refractivity contribution is 0.00578. The maximum atomic E-state index is 6.09. The standard InChI is InChI=1S/C12H16BBrClNO2/c1-7-8(6-9(14)16-10(7)15)13-17-11(2,3)12(4,5)18-13/h6H,1-5H3. The zero-order valence-corrected chi connectivity index (χ0v) is 13.5. The van der Waals surface area contributed by atoms with Crippen LogP contribution in [-0.2, 0) is 9.31 Å². The molecule has 0 amide bonds. The first kappa shape index (κ1) is 14.3. The smallest absolute Gasteiger partial charge is 0.399 e. The molecule has 2 heterocycles. The molecule has 1 aliphatic rings. The van der Waals surface area contributed by atoms with Crippen LogP contribution in [0.5, 0.6) is 0 Å². The van der Waals surface area contributed by atoms with E-state index < -0.39 is 7.12 Å². The quantitative estimate of drug-likeness (QED) is 0.585. The Morgan fingerprint density at radius 1 is 1.22 bits per heavy atom. The van der Waals surface area contributed by atoms with Crippen molar-refractivity contribution in [3.05, 3.63) is 21.4 Å². The molecule has 98 valence electrons. The Morgan fingerprint density at radius 3 is 2.22 bits per heavy atom. The SMILES string of the molecule is Cc1c(B2OC(C)(C)C(C)(C)O2)cc(Br)nc1Cl. The summed E-state index contributed by atoms with van der Waals surface area (Å²) >= 11 is 9.43. The molecule has 18 heavy (non-hydrogen) atoms. The van der Waals surface area contributed by atoms with E-state index in [0.717, 1.165) is 11.0 Å². The van der Waals surface area contributed by atoms with Crippen molar-refractivity contribution in [2.75, 3.05) is 0 Å². The van der Waals surface area contributed by atoms with Crippen molar-refractivity contribution in [2.45, 2.75) is 45.8 Å². The lowest BCUT2D eigenvalue weighted by atomic mass is 9.77. The molecule has 6 heteroatoms. The van der Waals surface area contributed by atoms with Gasteiger partial charge in [-0.05, 0) is 67.6 Å². The van der Waals surface area contributed by atoms with Gasteiger partial charge in [-0.1, -0.05) is 11.6 Å². The second-order valence-corrected chi connectivity index (χ2v) is 6.71. The van der Waals surface area contributed by atoms with Crippen LogP contribution in [0.4, 0.5) is 0 Å². The van der Waals surface area contributed by atoms with Gasteiger partial charge < -0.3 is 9.31 Å². The summed E-state index contributed by atoms with van der Waals surface area (Å²) in [5, 5.41) is 0.467. The van der Waals surface area contributed by atoms with Gasteiger partial charge in [-0.3, -0.25) is 0 Å². The maximum absolute atomic E-state index is 6.09. The Balaban J connectivity index is 2.41. The van der Waals surface area contributed by atoms with Crippen molar-refractivity contribution in [2.24, 2.45) is 0 Å². The van der Waals surface area contributed by atoms with E-state index >= 15 is 0 Å². The van der Waals surface area contributed by atoms with E-state index in [2.05, 4.69) is 20.9 Å². The van der Waals surface area contributed by atoms with Crippen molar-refractivity contribution in [1.82, 2.24) is 4.98 Å². The highest BCUT2D eigenvalue weighted by atomic mass is 79.9. The molecule has 1 saturated heterocycles. The average molecular weight is 332 g/mol. The summed E-state index contributed by atoms with van der Waals surface area (Å²) in [5.41, 5.74) is 1.09. The molecule has 3 nitrogen and oxygen atoms in total. The highest BCUT2D eigenvalue weighted by molar-refractivity contribution is 9.10. The molecule has 0 aromatic carbocycles. The molecule has 1 aliphatic heterocycles. The van der Waals surface area contributed by atoms with Crippen molar-refractivity contribution < 1.29 is 9.31 Å². The number of hydrogen-bond donors (Lipinski definition) is 0. The van der Waals surface area contributed by atoms with E-state index in [4.69, 9.17) is 20.9 Å². The second-order valence-electron chi connectivity index (χ2n) is 5.54. The van der Waals surface area contributed by atoms with Gasteiger partial charge in [-0.25, -0.2) is 4.98 Å². The van der Waals surface area contributed by atoms with Crippen LogP contribution < -0.4 is 5.46 Å². The molecule has 0 aliphatic carbocycles. The second kappa shape index (κ2) is 4.48. The fourth-order valence-corrected chi connectivity index (χ4v) is 2.51. The molecular formula is C12H16BBrClNO2. The van der Waals surface area contributed by atoms with Crippen molar-refractivity contribution in [3.8, 4) is 0 Å². The minimum Gasteiger partial charge on any atom is -0.399 e. The zero-order chi connectivity index (χ0) is 13.7. The number of rotatable bonds is 1. The summed E-state index contributed by atoms with van der Waals surface area (Å²) in [5.74, 6) is 0. The van der Waals surface area contributed by atoms with Gasteiger partial charge in [-0.15, -0.1) is 0 Å². The van der Waals surface area contributed by atoms with Crippen LogP contribution in [0.1, 0.15) is 33.3 Å². The largest absolute Gasteiger partial charge is 0.495 e. The predicted octanol–water partition coefficient (Wildman–Crippen LogP) is 3.11. The first-order chi connectivity index (χ1) is 8.14. The van der Waals surface area contributed by atoms with Gasteiger partial charge in [0.1, 0.15) is 9.76 Å². The van der Waals surface area contributed by atoms with Gasteiger partial charge in [0.15, 0.2) is 0 Å². The third-order valence-corrected chi connectivity index (χ3v) is 4.50. The summed E-state index contributed by atoms with van der Waals surface area (Å²) in [4.78, 5) is 4.15. The van der Waals surface area contributed by atoms with Crippen molar-refractivity contribution in [1.29, 1.82) is 0 Å². The van der Waals surface area contributed by atoms with Crippen LogP contribution in [0.2, 0.25) is 5.15 Å². The third-order valence-electron chi connectivity index (χ3n) is 3.73. The highest BCUT2D eigenvalue weighted by Crippen LogP contribution is 2.37. The first-order valence-corrected chi connectivity index (χ1v) is 6.99. The van der Waals surface area contributed by atoms with E-state index in [1.54, 1.807) is 0 Å². The number of aromatic nitrogens is 1. The first-order valence-electron chi connectivity index (χ1n) is 5.82. The van der Waals surface area contributed by atoms with Crippen LogP contribution >= 0.6 is 27.5 Å². The van der Waals surface area contributed by atoms with E-state index in [-0.39, 0.29) is 11.2 Å². The van der Waals surface area contributed by atoms with Crippen LogP contribution in [0.15, 0.2) is 10.7 Å². The number of hydrogen-bond acceptors (Lipinski definition) is 3. The monoisotopic (exact) mass is 331 g/mol. The maximum Gasteiger partial charge on any atom is 0.495 e. The Bertz CT molecular complexity index is 477. The Hall–Kier alpha value is -0.0951. The van der Waals surface area contributed by atoms with E-state index in [9.17, 15) is 0 Å². The van der Waals surface area contributed by atoms with Crippen LogP contribution in [0.3, 0.4) is 0 Å². The number of nitrogens with zero attached hydrogens (tertiary/aromatic N) is 1. The zero-order valence-electron chi connectivity index (χ0n) is 11.2. The van der Waals surface area contributed by atoms with Gasteiger partial charge in [-0.2, -0.15) is 0 Å². The molecule has 0 radical (unpaired) electrons. The van der Waals surface area contributed by atoms with Crippen LogP contribution in [-0.4, -0.2) is 23.3 Å². The molecule has 1 aromatic heterocycles. The van der Waals surface area contributed by atoms with Crippen LogP contribution in [0, 0.1) is 6.92 Å². The molecule has 0 bridgehead atoms. The topological polar surface area (TPSA) is 31.4 Å². The van der Waals surface area contributed by atoms with Crippen molar-refractivity contribution >= 4 is 40.1 Å². The molecule has 0 unspecified atom stereocenters. The van der Waals surface area contributed by atoms with Gasteiger partial charge >= 0.3 is 7.12 Å². The van der Waals surface area contributed by atoms with E-state index in [0.29, 0.717) is 9.76 Å². The minimum absolute atomic E-state index is 0.355. The Kier molecular flexibility index (Phi) is 3.56. The third kappa shape index (κ3) is 2.33. The molecule has 0 atom stereocenters. The van der Waals surface area contributed by atoms with E-state index in [1.807, 2.05) is 40.7 Å². The van der Waals surface area contributed by atoms with E-state index in [1.165, 1.54) is 0 Å². The van der Waals surface area contributed by atoms with Gasteiger partial charge in [0, 0.05) is 0 Å². The summed E-state index contributed by atoms with van der Waals surface area (Å²) in [7, 11) is -0.410. The number of pyridine rings is 1. The summed E-state index contributed by atoms with van der Waals surface area (Å²) in [6.07, 6.45) is 0. The van der Waals surface area contributed by atoms with Crippen LogP contribution in [0.25, 0.3) is 0 Å². The minimum atomic E-state index is -0.410. The normalized spacial score (nSPS) is 21.4. The lowest BCUT2D eigenvalue weighted by Crippen LogP contribution is -2.41. The summed E-state index contributed by atoms with van der Waals surface area (Å²) < 4.78 is 12.7. The molecule has 1 aromatic rings. The number of halogens is 2. The average Bonchev–Trinajstić information content (AvgIpc) is 2.42. The fraction of sp³-hybridized carbons (Fsp3) is 0.583. The van der Waals surface area contributed by atoms with Gasteiger partial charge in [0.05, 0.1) is 11.2 Å². The lowest BCUT2D eigenvalue weighted by Gasteiger charge is -2.32. The van der Waals surface area contributed by atoms with Gasteiger partial charge in [0.25, 0.3) is 0 Å². The molecule has 2 rings (SSSR count). The Morgan fingerprint density at radius 2 is 1.72 bits per heavy atom. The molecular weight excluding hydrogens is 316 g/mol. The Labute approximate surface area is 121 Å².